The van der Waals surface area contributed by atoms with Gasteiger partial charge in [0.05, 0.1) is 32.3 Å². The number of hydrogen-bond donors (Lipinski definition) is 4. The Morgan fingerprint density at radius 2 is 1.97 bits per heavy atom. The van der Waals surface area contributed by atoms with Crippen molar-refractivity contribution in [3.63, 3.8) is 0 Å². The van der Waals surface area contributed by atoms with Gasteiger partial charge in [0.25, 0.3) is 0 Å². The maximum atomic E-state index is 13.0. The van der Waals surface area contributed by atoms with Crippen LogP contribution in [0.25, 0.3) is 0 Å². The van der Waals surface area contributed by atoms with Crippen LogP contribution in [0.15, 0.2) is 47.7 Å². The van der Waals surface area contributed by atoms with Gasteiger partial charge in [-0.1, -0.05) is 17.8 Å². The summed E-state index contributed by atoms with van der Waals surface area (Å²) in [7, 11) is 3.14. The number of rotatable bonds is 6. The maximum absolute atomic E-state index is 13.0. The van der Waals surface area contributed by atoms with E-state index in [0.717, 1.165) is 5.56 Å². The van der Waals surface area contributed by atoms with Crippen molar-refractivity contribution in [2.75, 3.05) is 19.5 Å². The number of anilines is 1. The Kier molecular flexibility index (Phi) is 6.83. The lowest BCUT2D eigenvalue weighted by Gasteiger charge is -2.37. The minimum absolute atomic E-state index is 0.171. The molecule has 4 N–H and O–H groups in total. The third-order valence-corrected chi connectivity index (χ3v) is 6.93. The van der Waals surface area contributed by atoms with E-state index in [2.05, 4.69) is 20.6 Å². The molecule has 1 aliphatic heterocycles. The largest absolute Gasteiger partial charge is 0.497 e. The van der Waals surface area contributed by atoms with Crippen molar-refractivity contribution in [1.82, 2.24) is 10.3 Å². The zero-order valence-electron chi connectivity index (χ0n) is 17.8. The molecule has 0 unspecified atom stereocenters. The van der Waals surface area contributed by atoms with Gasteiger partial charge in [-0.3, -0.25) is 14.8 Å². The summed E-state index contributed by atoms with van der Waals surface area (Å²) < 4.78 is 10.6. The topological polar surface area (TPSA) is 125 Å². The van der Waals surface area contributed by atoms with Crippen LogP contribution in [-0.4, -0.2) is 64.0 Å². The molecule has 1 aromatic heterocycles. The molecule has 9 nitrogen and oxygen atoms in total. The number of aliphatic hydroxyl groups excluding tert-OH is 2. The van der Waals surface area contributed by atoms with Gasteiger partial charge >= 0.3 is 0 Å². The number of fused-ring (bicyclic) bond motifs is 1. The quantitative estimate of drug-likeness (QED) is 0.512. The van der Waals surface area contributed by atoms with Gasteiger partial charge < -0.3 is 30.3 Å². The van der Waals surface area contributed by atoms with Crippen LogP contribution in [0, 0.1) is 5.92 Å². The highest BCUT2D eigenvalue weighted by molar-refractivity contribution is 8.15. The second-order valence-electron chi connectivity index (χ2n) is 7.71. The molecule has 5 atom stereocenters. The Morgan fingerprint density at radius 1 is 1.22 bits per heavy atom. The summed E-state index contributed by atoms with van der Waals surface area (Å²) in [5.74, 6) is 0.566. The number of ether oxygens (including phenoxy) is 2. The zero-order valence-corrected chi connectivity index (χ0v) is 18.6. The number of thioether (sulfide) groups is 1. The van der Waals surface area contributed by atoms with Crippen molar-refractivity contribution in [3.05, 3.63) is 48.3 Å². The second-order valence-corrected chi connectivity index (χ2v) is 8.88. The summed E-state index contributed by atoms with van der Waals surface area (Å²) in [4.78, 5) is 21.6. The maximum Gasteiger partial charge on any atom is 0.224 e. The Balaban J connectivity index is 1.47. The fraction of sp³-hybridized carbons (Fsp3) is 0.409. The molecule has 10 heteroatoms. The van der Waals surface area contributed by atoms with Crippen LogP contribution in [0.1, 0.15) is 12.0 Å². The standard InChI is InChI=1S/C22H26N4O5S/c1-30-14-6-13(7-15(8-14)31-2)25-22-26-18-19(28)17(27)9-16(20(18)32-22)21(29)24-11-12-4-3-5-23-10-12/h3-8,10,16-20,27-28H,9,11H2,1-2H3,(H,24,29)(H,25,26)/t16-,17+,18-,19-,20+/m0/s1. The molecule has 32 heavy (non-hydrogen) atoms. The predicted octanol–water partition coefficient (Wildman–Crippen LogP) is 1.41. The molecular formula is C22H26N4O5S. The minimum atomic E-state index is -1.03. The Bertz CT molecular complexity index is 967. The Morgan fingerprint density at radius 3 is 2.62 bits per heavy atom. The number of amidine groups is 1. The Labute approximate surface area is 190 Å². The van der Waals surface area contributed by atoms with Crippen LogP contribution >= 0.6 is 11.8 Å². The van der Waals surface area contributed by atoms with Gasteiger partial charge in [0.2, 0.25) is 5.91 Å². The number of benzene rings is 1. The molecule has 2 heterocycles. The van der Waals surface area contributed by atoms with Crippen molar-refractivity contribution >= 4 is 28.5 Å². The molecule has 1 amide bonds. The first-order chi connectivity index (χ1) is 15.5. The highest BCUT2D eigenvalue weighted by Gasteiger charge is 2.50. The van der Waals surface area contributed by atoms with E-state index in [1.165, 1.54) is 11.8 Å². The molecule has 170 valence electrons. The van der Waals surface area contributed by atoms with Crippen molar-refractivity contribution in [1.29, 1.82) is 0 Å². The monoisotopic (exact) mass is 458 g/mol. The number of aromatic nitrogens is 1. The zero-order chi connectivity index (χ0) is 22.7. The van der Waals surface area contributed by atoms with Crippen LogP contribution < -0.4 is 20.1 Å². The molecule has 2 aliphatic rings. The summed E-state index contributed by atoms with van der Waals surface area (Å²) in [6, 6.07) is 8.47. The van der Waals surface area contributed by atoms with E-state index in [1.807, 2.05) is 12.1 Å². The van der Waals surface area contributed by atoms with E-state index >= 15 is 0 Å². The lowest BCUT2D eigenvalue weighted by atomic mass is 9.81. The van der Waals surface area contributed by atoms with Crippen LogP contribution in [-0.2, 0) is 11.3 Å². The summed E-state index contributed by atoms with van der Waals surface area (Å²) in [5.41, 5.74) is 1.59. The smallest absolute Gasteiger partial charge is 0.224 e. The average Bonchev–Trinajstić information content (AvgIpc) is 3.24. The molecule has 4 rings (SSSR count). The summed E-state index contributed by atoms with van der Waals surface area (Å²) in [6.45, 7) is 0.347. The van der Waals surface area contributed by atoms with Gasteiger partial charge in [-0.15, -0.1) is 0 Å². The second kappa shape index (κ2) is 9.76. The molecule has 0 saturated heterocycles. The molecule has 2 aromatic rings. The summed E-state index contributed by atoms with van der Waals surface area (Å²) >= 11 is 1.39. The van der Waals surface area contributed by atoms with Gasteiger partial charge in [0.15, 0.2) is 5.17 Å². The fourth-order valence-electron chi connectivity index (χ4n) is 3.93. The molecule has 0 radical (unpaired) electrons. The lowest BCUT2D eigenvalue weighted by molar-refractivity contribution is -0.129. The van der Waals surface area contributed by atoms with E-state index in [4.69, 9.17) is 9.47 Å². The molecule has 1 aromatic carbocycles. The highest BCUT2D eigenvalue weighted by Crippen LogP contribution is 2.42. The number of amides is 1. The van der Waals surface area contributed by atoms with Gasteiger partial charge in [0, 0.05) is 48.1 Å². The van der Waals surface area contributed by atoms with Gasteiger partial charge in [-0.2, -0.15) is 0 Å². The van der Waals surface area contributed by atoms with Crippen molar-refractivity contribution < 1.29 is 24.5 Å². The SMILES string of the molecule is COc1cc(NC2=N[C@H]3[C@@H](O)[C@H](O)C[C@H](C(=O)NCc4cccnc4)[C@H]3S2)cc(OC)c1. The first kappa shape index (κ1) is 22.4. The first-order valence-corrected chi connectivity index (χ1v) is 11.1. The third-order valence-electron chi connectivity index (χ3n) is 5.62. The van der Waals surface area contributed by atoms with E-state index in [1.54, 1.807) is 44.8 Å². The number of aliphatic imine (C=N–C) groups is 1. The van der Waals surface area contributed by atoms with Crippen LogP contribution in [0.5, 0.6) is 11.5 Å². The van der Waals surface area contributed by atoms with E-state index in [9.17, 15) is 15.0 Å². The van der Waals surface area contributed by atoms with Crippen LogP contribution in [0.3, 0.4) is 0 Å². The molecule has 1 aliphatic carbocycles. The number of hydrogen-bond acceptors (Lipinski definition) is 9. The first-order valence-electron chi connectivity index (χ1n) is 10.3. The van der Waals surface area contributed by atoms with Gasteiger partial charge in [-0.05, 0) is 18.1 Å². The van der Waals surface area contributed by atoms with Crippen LogP contribution in [0.2, 0.25) is 0 Å². The van der Waals surface area contributed by atoms with E-state index in [-0.39, 0.29) is 17.6 Å². The van der Waals surface area contributed by atoms with Crippen molar-refractivity contribution in [2.24, 2.45) is 10.9 Å². The van der Waals surface area contributed by atoms with E-state index < -0.39 is 24.2 Å². The fourth-order valence-corrected chi connectivity index (χ4v) is 5.31. The van der Waals surface area contributed by atoms with Gasteiger partial charge in [0.1, 0.15) is 17.6 Å². The average molecular weight is 459 g/mol. The summed E-state index contributed by atoms with van der Waals surface area (Å²) in [6.07, 6.45) is 1.48. The predicted molar refractivity (Wildman–Crippen MR) is 122 cm³/mol. The summed E-state index contributed by atoms with van der Waals surface area (Å²) in [5, 5.41) is 27.3. The van der Waals surface area contributed by atoms with Gasteiger partial charge in [-0.25, -0.2) is 0 Å². The number of nitrogens with one attached hydrogen (secondary N) is 2. The number of carbonyl (C=O) groups excluding carboxylic acids is 1. The van der Waals surface area contributed by atoms with Crippen LogP contribution in [0.4, 0.5) is 5.69 Å². The van der Waals surface area contributed by atoms with Crippen molar-refractivity contribution in [2.45, 2.75) is 36.5 Å². The number of methoxy groups -OCH3 is 2. The normalized spacial score (nSPS) is 26.6. The number of nitrogens with zero attached hydrogens (tertiary/aromatic N) is 2. The lowest BCUT2D eigenvalue weighted by Crippen LogP contribution is -2.53. The third kappa shape index (κ3) is 4.82. The highest BCUT2D eigenvalue weighted by atomic mass is 32.2. The minimum Gasteiger partial charge on any atom is -0.497 e. The number of carbonyl (C=O) groups is 1. The molecule has 0 bridgehead atoms. The Hall–Kier alpha value is -2.82. The van der Waals surface area contributed by atoms with E-state index in [0.29, 0.717) is 28.9 Å². The molecular weight excluding hydrogens is 432 g/mol. The molecule has 0 spiro atoms. The molecule has 1 saturated carbocycles. The number of aliphatic hydroxyl groups is 2. The molecule has 1 fully saturated rings. The van der Waals surface area contributed by atoms with Crippen molar-refractivity contribution in [3.8, 4) is 11.5 Å². The number of pyridine rings is 1.